The monoisotopic (exact) mass is 507 g/mol. The van der Waals surface area contributed by atoms with Gasteiger partial charge in [0.15, 0.2) is 0 Å². The standard InChI is InChI=1S/C24H30FN3O6S/c1-15(24(3,4)5)33-23(30)27-18-8-11-22-21(12-18)28(14-19(34-22)13-26-16(2)29)35(31,32)20-9-6-17(25)7-10-20/h6-12,15,19H,13-14H2,1-5H3,(H,26,29)(H,27,30)/t15?,19-/m0/s1. The van der Waals surface area contributed by atoms with Crippen LogP contribution in [0.1, 0.15) is 34.6 Å². The predicted molar refractivity (Wildman–Crippen MR) is 129 cm³/mol. The fourth-order valence-electron chi connectivity index (χ4n) is 3.20. The lowest BCUT2D eigenvalue weighted by Gasteiger charge is -2.35. The molecule has 1 aliphatic rings. The highest BCUT2D eigenvalue weighted by molar-refractivity contribution is 7.92. The van der Waals surface area contributed by atoms with E-state index >= 15 is 0 Å². The number of carbonyl (C=O) groups is 2. The van der Waals surface area contributed by atoms with Gasteiger partial charge in [-0.1, -0.05) is 20.8 Å². The van der Waals surface area contributed by atoms with Crippen molar-refractivity contribution in [3.8, 4) is 5.75 Å². The summed E-state index contributed by atoms with van der Waals surface area (Å²) < 4.78 is 52.8. The number of sulfonamides is 1. The van der Waals surface area contributed by atoms with Crippen LogP contribution in [-0.2, 0) is 19.6 Å². The van der Waals surface area contributed by atoms with Crippen LogP contribution in [0.3, 0.4) is 0 Å². The molecule has 0 aliphatic carbocycles. The van der Waals surface area contributed by atoms with E-state index in [2.05, 4.69) is 10.6 Å². The maximum absolute atomic E-state index is 13.5. The molecule has 3 rings (SSSR count). The summed E-state index contributed by atoms with van der Waals surface area (Å²) in [5, 5.41) is 5.25. The summed E-state index contributed by atoms with van der Waals surface area (Å²) in [6, 6.07) is 9.04. The number of amides is 2. The number of halogens is 1. The van der Waals surface area contributed by atoms with E-state index in [1.165, 1.54) is 31.2 Å². The number of nitrogens with one attached hydrogen (secondary N) is 2. The average molecular weight is 508 g/mol. The van der Waals surface area contributed by atoms with Crippen molar-refractivity contribution in [2.45, 2.75) is 51.7 Å². The van der Waals surface area contributed by atoms with Gasteiger partial charge in [-0.05, 0) is 54.8 Å². The first-order chi connectivity index (χ1) is 16.3. The van der Waals surface area contributed by atoms with Crippen LogP contribution in [-0.4, -0.2) is 45.7 Å². The van der Waals surface area contributed by atoms with Crippen LogP contribution in [0.5, 0.6) is 5.75 Å². The van der Waals surface area contributed by atoms with Crippen LogP contribution < -0.4 is 19.7 Å². The van der Waals surface area contributed by atoms with E-state index in [0.717, 1.165) is 16.4 Å². The minimum absolute atomic E-state index is 0.0846. The molecule has 0 fully saturated rings. The lowest BCUT2D eigenvalue weighted by atomic mass is 9.90. The van der Waals surface area contributed by atoms with Gasteiger partial charge in [-0.25, -0.2) is 17.6 Å². The molecule has 0 saturated carbocycles. The number of anilines is 2. The number of hydrogen-bond donors (Lipinski definition) is 2. The topological polar surface area (TPSA) is 114 Å². The highest BCUT2D eigenvalue weighted by Crippen LogP contribution is 2.39. The van der Waals surface area contributed by atoms with Crippen molar-refractivity contribution in [1.82, 2.24) is 5.32 Å². The molecule has 1 unspecified atom stereocenters. The third-order valence-corrected chi connectivity index (χ3v) is 7.41. The molecule has 9 nitrogen and oxygen atoms in total. The summed E-state index contributed by atoms with van der Waals surface area (Å²) >= 11 is 0. The van der Waals surface area contributed by atoms with Gasteiger partial charge in [-0.15, -0.1) is 0 Å². The maximum Gasteiger partial charge on any atom is 0.411 e. The van der Waals surface area contributed by atoms with Gasteiger partial charge in [0, 0.05) is 12.6 Å². The van der Waals surface area contributed by atoms with E-state index in [4.69, 9.17) is 9.47 Å². The zero-order chi connectivity index (χ0) is 26.0. The first-order valence-electron chi connectivity index (χ1n) is 11.1. The maximum atomic E-state index is 13.5. The van der Waals surface area contributed by atoms with Crippen LogP contribution in [0.2, 0.25) is 0 Å². The van der Waals surface area contributed by atoms with Crippen LogP contribution >= 0.6 is 0 Å². The normalized spacial score (nSPS) is 16.5. The van der Waals surface area contributed by atoms with Gasteiger partial charge in [0.1, 0.15) is 23.8 Å². The molecule has 2 atom stereocenters. The molecule has 190 valence electrons. The van der Waals surface area contributed by atoms with Crippen molar-refractivity contribution in [3.63, 3.8) is 0 Å². The van der Waals surface area contributed by atoms with Gasteiger partial charge >= 0.3 is 6.09 Å². The number of fused-ring (bicyclic) bond motifs is 1. The number of carbonyl (C=O) groups excluding carboxylic acids is 2. The number of benzene rings is 2. The predicted octanol–water partition coefficient (Wildman–Crippen LogP) is 3.90. The molecule has 2 aromatic rings. The van der Waals surface area contributed by atoms with Crippen LogP contribution in [0.15, 0.2) is 47.4 Å². The molecular formula is C24H30FN3O6S. The molecule has 2 N–H and O–H groups in total. The fraction of sp³-hybridized carbons (Fsp3) is 0.417. The molecule has 1 heterocycles. The first-order valence-corrected chi connectivity index (χ1v) is 12.5. The van der Waals surface area contributed by atoms with Gasteiger partial charge in [0.05, 0.1) is 23.7 Å². The molecule has 0 saturated heterocycles. The van der Waals surface area contributed by atoms with Crippen molar-refractivity contribution in [3.05, 3.63) is 48.3 Å². The second-order valence-corrected chi connectivity index (χ2v) is 11.3. The second-order valence-electron chi connectivity index (χ2n) is 9.39. The molecule has 2 aromatic carbocycles. The summed E-state index contributed by atoms with van der Waals surface area (Å²) in [4.78, 5) is 23.7. The highest BCUT2D eigenvalue weighted by atomic mass is 32.2. The van der Waals surface area contributed by atoms with E-state index in [-0.39, 0.29) is 46.8 Å². The Balaban J connectivity index is 1.93. The van der Waals surface area contributed by atoms with Gasteiger partial charge in [0.2, 0.25) is 5.91 Å². The zero-order valence-corrected chi connectivity index (χ0v) is 21.1. The lowest BCUT2D eigenvalue weighted by Crippen LogP contribution is -2.48. The molecule has 11 heteroatoms. The van der Waals surface area contributed by atoms with Gasteiger partial charge < -0.3 is 14.8 Å². The molecule has 1 aliphatic heterocycles. The number of rotatable bonds is 6. The minimum atomic E-state index is -4.12. The van der Waals surface area contributed by atoms with Crippen molar-refractivity contribution in [2.24, 2.45) is 5.41 Å². The van der Waals surface area contributed by atoms with Crippen LogP contribution in [0.4, 0.5) is 20.6 Å². The Hall–Kier alpha value is -3.34. The summed E-state index contributed by atoms with van der Waals surface area (Å²) in [6.45, 7) is 8.93. The first kappa shape index (κ1) is 26.3. The van der Waals surface area contributed by atoms with E-state index in [1.807, 2.05) is 20.8 Å². The van der Waals surface area contributed by atoms with E-state index in [9.17, 15) is 22.4 Å². The molecule has 2 amide bonds. The molecular weight excluding hydrogens is 477 g/mol. The fourth-order valence-corrected chi connectivity index (χ4v) is 4.70. The summed E-state index contributed by atoms with van der Waals surface area (Å²) in [5.74, 6) is -0.599. The van der Waals surface area contributed by atoms with E-state index in [0.29, 0.717) is 5.69 Å². The second kappa shape index (κ2) is 10.1. The number of hydrogen-bond acceptors (Lipinski definition) is 6. The smallest absolute Gasteiger partial charge is 0.411 e. The average Bonchev–Trinajstić information content (AvgIpc) is 2.76. The van der Waals surface area contributed by atoms with Crippen LogP contribution in [0, 0.1) is 11.2 Å². The Bertz CT molecular complexity index is 1190. The largest absolute Gasteiger partial charge is 0.484 e. The third-order valence-electron chi connectivity index (χ3n) is 5.62. The number of ether oxygens (including phenoxy) is 2. The Morgan fingerprint density at radius 3 is 2.46 bits per heavy atom. The third kappa shape index (κ3) is 6.41. The van der Waals surface area contributed by atoms with Crippen molar-refractivity contribution >= 4 is 33.4 Å². The molecule has 0 bridgehead atoms. The van der Waals surface area contributed by atoms with Gasteiger partial charge in [0.25, 0.3) is 10.0 Å². The Morgan fingerprint density at radius 2 is 1.86 bits per heavy atom. The van der Waals surface area contributed by atoms with E-state index in [1.54, 1.807) is 13.0 Å². The van der Waals surface area contributed by atoms with Crippen molar-refractivity contribution in [2.75, 3.05) is 22.7 Å². The highest BCUT2D eigenvalue weighted by Gasteiger charge is 2.35. The zero-order valence-electron chi connectivity index (χ0n) is 20.3. The van der Waals surface area contributed by atoms with E-state index < -0.39 is 28.0 Å². The van der Waals surface area contributed by atoms with Crippen LogP contribution in [0.25, 0.3) is 0 Å². The Morgan fingerprint density at radius 1 is 1.20 bits per heavy atom. The van der Waals surface area contributed by atoms with Gasteiger partial charge in [-0.2, -0.15) is 0 Å². The summed E-state index contributed by atoms with van der Waals surface area (Å²) in [5.41, 5.74) is 0.234. The van der Waals surface area contributed by atoms with Crippen molar-refractivity contribution < 1.29 is 31.9 Å². The number of nitrogens with zero attached hydrogens (tertiary/aromatic N) is 1. The quantitative estimate of drug-likeness (QED) is 0.613. The minimum Gasteiger partial charge on any atom is -0.484 e. The lowest BCUT2D eigenvalue weighted by molar-refractivity contribution is -0.119. The molecule has 0 radical (unpaired) electrons. The van der Waals surface area contributed by atoms with Gasteiger partial charge in [-0.3, -0.25) is 14.4 Å². The summed E-state index contributed by atoms with van der Waals surface area (Å²) in [6.07, 6.45) is -1.72. The Labute approximate surface area is 204 Å². The molecule has 0 aromatic heterocycles. The Kier molecular flexibility index (Phi) is 7.59. The molecule has 35 heavy (non-hydrogen) atoms. The SMILES string of the molecule is CC(=O)NC[C@H]1CN(S(=O)(=O)c2ccc(F)cc2)c2cc(NC(=O)OC(C)C(C)(C)C)ccc2O1. The van der Waals surface area contributed by atoms with Crippen molar-refractivity contribution in [1.29, 1.82) is 0 Å². The summed E-state index contributed by atoms with van der Waals surface area (Å²) in [7, 11) is -4.12. The molecule has 0 spiro atoms.